The predicted molar refractivity (Wildman–Crippen MR) is 47.9 cm³/mol. The normalized spacial score (nSPS) is 40.0. The second-order valence-electron chi connectivity index (χ2n) is 3.76. The van der Waals surface area contributed by atoms with Crippen molar-refractivity contribution in [2.24, 2.45) is 5.92 Å². The lowest BCUT2D eigenvalue weighted by Gasteiger charge is -2.21. The SMILES string of the molecule is C1=CC2CC3(NC2C=C1)OCCO3. The number of hydrogen-bond donors (Lipinski definition) is 1. The van der Waals surface area contributed by atoms with Gasteiger partial charge in [0.05, 0.1) is 13.2 Å². The average Bonchev–Trinajstić information content (AvgIpc) is 2.72. The Kier molecular flexibility index (Phi) is 1.59. The van der Waals surface area contributed by atoms with Crippen molar-refractivity contribution >= 4 is 0 Å². The summed E-state index contributed by atoms with van der Waals surface area (Å²) in [5.41, 5.74) is 0. The van der Waals surface area contributed by atoms with Crippen molar-refractivity contribution in [2.75, 3.05) is 13.2 Å². The molecule has 0 saturated carbocycles. The molecule has 2 atom stereocenters. The minimum Gasteiger partial charge on any atom is -0.335 e. The zero-order valence-corrected chi connectivity index (χ0v) is 7.40. The summed E-state index contributed by atoms with van der Waals surface area (Å²) in [7, 11) is 0. The second kappa shape index (κ2) is 2.67. The number of ether oxygens (including phenoxy) is 2. The summed E-state index contributed by atoms with van der Waals surface area (Å²) < 4.78 is 11.2. The average molecular weight is 179 g/mol. The molecule has 3 aliphatic rings. The quantitative estimate of drug-likeness (QED) is 0.596. The Morgan fingerprint density at radius 1 is 1.15 bits per heavy atom. The summed E-state index contributed by atoms with van der Waals surface area (Å²) in [6.07, 6.45) is 9.49. The summed E-state index contributed by atoms with van der Waals surface area (Å²) in [5, 5.41) is 3.39. The number of hydrogen-bond acceptors (Lipinski definition) is 3. The highest BCUT2D eigenvalue weighted by atomic mass is 16.8. The number of nitrogens with one attached hydrogen (secondary N) is 1. The van der Waals surface area contributed by atoms with Crippen LogP contribution in [0.3, 0.4) is 0 Å². The van der Waals surface area contributed by atoms with E-state index in [0.717, 1.165) is 6.42 Å². The topological polar surface area (TPSA) is 30.5 Å². The van der Waals surface area contributed by atoms with E-state index < -0.39 is 5.91 Å². The standard InChI is InChI=1S/C10H13NO2/c1-2-4-9-8(3-1)7-10(11-9)12-5-6-13-10/h1-4,8-9,11H,5-7H2. The number of rotatable bonds is 0. The molecule has 0 aromatic carbocycles. The third kappa shape index (κ3) is 1.15. The van der Waals surface area contributed by atoms with Crippen LogP contribution in [0.4, 0.5) is 0 Å². The van der Waals surface area contributed by atoms with Crippen molar-refractivity contribution in [1.29, 1.82) is 0 Å². The molecule has 2 aliphatic heterocycles. The monoisotopic (exact) mass is 179 g/mol. The van der Waals surface area contributed by atoms with Crippen molar-refractivity contribution in [3.63, 3.8) is 0 Å². The second-order valence-corrected chi connectivity index (χ2v) is 3.76. The lowest BCUT2D eigenvalue weighted by atomic mass is 9.96. The maximum atomic E-state index is 5.59. The van der Waals surface area contributed by atoms with Crippen LogP contribution in [0.2, 0.25) is 0 Å². The molecule has 0 aromatic heterocycles. The van der Waals surface area contributed by atoms with Gasteiger partial charge in [0.25, 0.3) is 0 Å². The fourth-order valence-corrected chi connectivity index (χ4v) is 2.28. The lowest BCUT2D eigenvalue weighted by Crippen LogP contribution is -2.43. The molecular formula is C10H13NO2. The van der Waals surface area contributed by atoms with Crippen LogP contribution in [0, 0.1) is 5.92 Å². The Balaban J connectivity index is 1.83. The zero-order valence-electron chi connectivity index (χ0n) is 7.40. The van der Waals surface area contributed by atoms with Crippen LogP contribution >= 0.6 is 0 Å². The van der Waals surface area contributed by atoms with Gasteiger partial charge < -0.3 is 9.47 Å². The smallest absolute Gasteiger partial charge is 0.228 e. The first kappa shape index (κ1) is 7.74. The van der Waals surface area contributed by atoms with Crippen LogP contribution in [0.25, 0.3) is 0 Å². The van der Waals surface area contributed by atoms with Crippen LogP contribution < -0.4 is 5.32 Å². The molecule has 0 aromatic rings. The zero-order chi connectivity index (χ0) is 8.73. The van der Waals surface area contributed by atoms with Gasteiger partial charge in [0.2, 0.25) is 5.91 Å². The van der Waals surface area contributed by atoms with Crippen LogP contribution in [0.5, 0.6) is 0 Å². The molecule has 2 unspecified atom stereocenters. The summed E-state index contributed by atoms with van der Waals surface area (Å²) in [4.78, 5) is 0. The Morgan fingerprint density at radius 3 is 2.69 bits per heavy atom. The highest BCUT2D eigenvalue weighted by Crippen LogP contribution is 2.36. The molecule has 1 aliphatic carbocycles. The molecule has 1 N–H and O–H groups in total. The number of fused-ring (bicyclic) bond motifs is 1. The van der Waals surface area contributed by atoms with Gasteiger partial charge in [-0.05, 0) is 0 Å². The molecule has 3 rings (SSSR count). The predicted octanol–water partition coefficient (Wildman–Crippen LogP) is 0.791. The molecule has 2 heterocycles. The number of allylic oxidation sites excluding steroid dienone is 2. The first-order valence-electron chi connectivity index (χ1n) is 4.79. The van der Waals surface area contributed by atoms with E-state index in [-0.39, 0.29) is 0 Å². The molecule has 1 spiro atoms. The molecular weight excluding hydrogens is 166 g/mol. The van der Waals surface area contributed by atoms with Crippen LogP contribution in [0.1, 0.15) is 6.42 Å². The van der Waals surface area contributed by atoms with Gasteiger partial charge in [0.1, 0.15) is 0 Å². The Labute approximate surface area is 77.4 Å². The minimum absolute atomic E-state index is 0.392. The summed E-state index contributed by atoms with van der Waals surface area (Å²) in [5.74, 6) is 0.0528. The molecule has 3 nitrogen and oxygen atoms in total. The van der Waals surface area contributed by atoms with Gasteiger partial charge in [-0.2, -0.15) is 0 Å². The van der Waals surface area contributed by atoms with Crippen molar-refractivity contribution in [1.82, 2.24) is 5.32 Å². The maximum absolute atomic E-state index is 5.59. The summed E-state index contributed by atoms with van der Waals surface area (Å²) in [6.45, 7) is 1.42. The van der Waals surface area contributed by atoms with Crippen molar-refractivity contribution < 1.29 is 9.47 Å². The third-order valence-corrected chi connectivity index (χ3v) is 2.89. The van der Waals surface area contributed by atoms with Crippen molar-refractivity contribution in [3.8, 4) is 0 Å². The fourth-order valence-electron chi connectivity index (χ4n) is 2.28. The van der Waals surface area contributed by atoms with Gasteiger partial charge in [-0.15, -0.1) is 0 Å². The minimum atomic E-state index is -0.478. The largest absolute Gasteiger partial charge is 0.335 e. The Morgan fingerprint density at radius 2 is 1.92 bits per heavy atom. The Bertz CT molecular complexity index is 244. The lowest BCUT2D eigenvalue weighted by molar-refractivity contribution is -0.170. The van der Waals surface area contributed by atoms with Gasteiger partial charge in [0.15, 0.2) is 0 Å². The van der Waals surface area contributed by atoms with E-state index in [1.165, 1.54) is 0 Å². The first-order valence-corrected chi connectivity index (χ1v) is 4.79. The maximum Gasteiger partial charge on any atom is 0.228 e. The van der Waals surface area contributed by atoms with E-state index in [4.69, 9.17) is 9.47 Å². The molecule has 3 heteroatoms. The molecule has 0 bridgehead atoms. The molecule has 70 valence electrons. The van der Waals surface area contributed by atoms with Gasteiger partial charge >= 0.3 is 0 Å². The molecule has 13 heavy (non-hydrogen) atoms. The molecule has 2 fully saturated rings. The first-order chi connectivity index (χ1) is 6.38. The molecule has 0 radical (unpaired) electrons. The van der Waals surface area contributed by atoms with Gasteiger partial charge in [0, 0.05) is 18.4 Å². The van der Waals surface area contributed by atoms with E-state index in [0.29, 0.717) is 25.2 Å². The van der Waals surface area contributed by atoms with Gasteiger partial charge in [-0.25, -0.2) is 0 Å². The molecule has 2 saturated heterocycles. The fraction of sp³-hybridized carbons (Fsp3) is 0.600. The van der Waals surface area contributed by atoms with E-state index in [1.54, 1.807) is 0 Å². The van der Waals surface area contributed by atoms with Crippen molar-refractivity contribution in [2.45, 2.75) is 18.4 Å². The highest BCUT2D eigenvalue weighted by Gasteiger charge is 2.47. The highest BCUT2D eigenvalue weighted by molar-refractivity contribution is 5.20. The molecule has 0 amide bonds. The van der Waals surface area contributed by atoms with Gasteiger partial charge in [-0.3, -0.25) is 5.32 Å². The Hall–Kier alpha value is -0.640. The van der Waals surface area contributed by atoms with E-state index in [2.05, 4.69) is 29.6 Å². The van der Waals surface area contributed by atoms with Crippen LogP contribution in [-0.2, 0) is 9.47 Å². The van der Waals surface area contributed by atoms with Crippen LogP contribution in [-0.4, -0.2) is 25.2 Å². The van der Waals surface area contributed by atoms with E-state index in [1.807, 2.05) is 0 Å². The van der Waals surface area contributed by atoms with E-state index >= 15 is 0 Å². The summed E-state index contributed by atoms with van der Waals surface area (Å²) >= 11 is 0. The van der Waals surface area contributed by atoms with Crippen molar-refractivity contribution in [3.05, 3.63) is 24.3 Å². The third-order valence-electron chi connectivity index (χ3n) is 2.89. The van der Waals surface area contributed by atoms with Gasteiger partial charge in [-0.1, -0.05) is 24.3 Å². The summed E-state index contributed by atoms with van der Waals surface area (Å²) in [6, 6.07) is 0.392. The van der Waals surface area contributed by atoms with Crippen LogP contribution in [0.15, 0.2) is 24.3 Å². The van der Waals surface area contributed by atoms with E-state index in [9.17, 15) is 0 Å².